The number of ether oxygens (including phenoxy) is 1. The smallest absolute Gasteiger partial charge is 0.320 e. The second-order valence-electron chi connectivity index (χ2n) is 5.43. The van der Waals surface area contributed by atoms with Crippen molar-refractivity contribution in [3.8, 4) is 0 Å². The van der Waals surface area contributed by atoms with Gasteiger partial charge in [0.25, 0.3) is 0 Å². The van der Waals surface area contributed by atoms with Gasteiger partial charge in [0, 0.05) is 11.5 Å². The monoisotopic (exact) mass is 389 g/mol. The predicted octanol–water partition coefficient (Wildman–Crippen LogP) is 3.93. The number of alkyl halides is 2. The number of H-pyrrole nitrogens is 1. The van der Waals surface area contributed by atoms with Gasteiger partial charge in [-0.05, 0) is 42.8 Å². The van der Waals surface area contributed by atoms with Crippen LogP contribution in [0, 0.1) is 4.77 Å². The molecular formula is C14H14BrF2N3OS. The van der Waals surface area contributed by atoms with Gasteiger partial charge in [0.15, 0.2) is 4.77 Å². The normalized spacial score (nSPS) is 24.5. The van der Waals surface area contributed by atoms with Crippen LogP contribution < -0.4 is 0 Å². The van der Waals surface area contributed by atoms with Crippen molar-refractivity contribution in [1.82, 2.24) is 14.8 Å². The van der Waals surface area contributed by atoms with Crippen molar-refractivity contribution < 1.29 is 13.5 Å². The van der Waals surface area contributed by atoms with E-state index in [1.54, 1.807) is 4.57 Å². The molecule has 0 atom stereocenters. The van der Waals surface area contributed by atoms with Crippen LogP contribution >= 0.6 is 28.1 Å². The zero-order valence-electron chi connectivity index (χ0n) is 11.7. The van der Waals surface area contributed by atoms with Gasteiger partial charge in [0.2, 0.25) is 0 Å². The SMILES string of the molecule is Cn1c(C2(c3cccc(Br)c3)CC(OC(F)F)C2)n[nH]c1=S. The number of hydrogen-bond donors (Lipinski definition) is 1. The fraction of sp³-hybridized carbons (Fsp3) is 0.429. The molecule has 1 aromatic carbocycles. The lowest BCUT2D eigenvalue weighted by Crippen LogP contribution is -2.49. The van der Waals surface area contributed by atoms with Crippen LogP contribution in [-0.2, 0) is 17.2 Å². The van der Waals surface area contributed by atoms with E-state index in [0.717, 1.165) is 15.9 Å². The zero-order chi connectivity index (χ0) is 15.9. The second kappa shape index (κ2) is 5.82. The van der Waals surface area contributed by atoms with Crippen molar-refractivity contribution in [2.45, 2.75) is 31.0 Å². The highest BCUT2D eigenvalue weighted by molar-refractivity contribution is 9.10. The maximum atomic E-state index is 12.4. The minimum atomic E-state index is -2.76. The van der Waals surface area contributed by atoms with E-state index in [2.05, 4.69) is 30.9 Å². The first-order chi connectivity index (χ1) is 10.4. The summed E-state index contributed by atoms with van der Waals surface area (Å²) in [5.41, 5.74) is 0.541. The molecule has 22 heavy (non-hydrogen) atoms. The van der Waals surface area contributed by atoms with Gasteiger partial charge in [-0.1, -0.05) is 28.1 Å². The summed E-state index contributed by atoms with van der Waals surface area (Å²) in [4.78, 5) is 0. The van der Waals surface area contributed by atoms with Gasteiger partial charge >= 0.3 is 6.61 Å². The Kier molecular flexibility index (Phi) is 4.17. The first-order valence-electron chi connectivity index (χ1n) is 6.74. The molecular weight excluding hydrogens is 376 g/mol. The Balaban J connectivity index is 2.02. The Morgan fingerprint density at radius 3 is 2.77 bits per heavy atom. The first kappa shape index (κ1) is 15.8. The van der Waals surface area contributed by atoms with Gasteiger partial charge in [-0.2, -0.15) is 13.9 Å². The van der Waals surface area contributed by atoms with Crippen molar-refractivity contribution in [2.24, 2.45) is 7.05 Å². The largest absolute Gasteiger partial charge is 0.345 e. The summed E-state index contributed by atoms with van der Waals surface area (Å²) >= 11 is 8.63. The summed E-state index contributed by atoms with van der Waals surface area (Å²) in [5.74, 6) is 0.740. The lowest BCUT2D eigenvalue weighted by atomic mass is 9.62. The Hall–Kier alpha value is -1.12. The summed E-state index contributed by atoms with van der Waals surface area (Å²) in [6, 6.07) is 7.80. The summed E-state index contributed by atoms with van der Waals surface area (Å²) < 4.78 is 32.7. The first-order valence-corrected chi connectivity index (χ1v) is 7.94. The lowest BCUT2D eigenvalue weighted by molar-refractivity contribution is -0.192. The van der Waals surface area contributed by atoms with E-state index >= 15 is 0 Å². The lowest BCUT2D eigenvalue weighted by Gasteiger charge is -2.46. The van der Waals surface area contributed by atoms with Crippen molar-refractivity contribution in [3.05, 3.63) is 44.9 Å². The highest BCUT2D eigenvalue weighted by Gasteiger charge is 2.51. The maximum Gasteiger partial charge on any atom is 0.345 e. The van der Waals surface area contributed by atoms with Gasteiger partial charge in [0.1, 0.15) is 5.82 Å². The zero-order valence-corrected chi connectivity index (χ0v) is 14.1. The molecule has 0 unspecified atom stereocenters. The topological polar surface area (TPSA) is 42.8 Å². The number of halogens is 3. The van der Waals surface area contributed by atoms with Crippen LogP contribution in [0.2, 0.25) is 0 Å². The Morgan fingerprint density at radius 1 is 1.50 bits per heavy atom. The molecule has 4 nitrogen and oxygen atoms in total. The predicted molar refractivity (Wildman–Crippen MR) is 83.4 cm³/mol. The van der Waals surface area contributed by atoms with Gasteiger partial charge in [0.05, 0.1) is 11.5 Å². The molecule has 1 aliphatic carbocycles. The molecule has 1 fully saturated rings. The molecule has 1 N–H and O–H groups in total. The molecule has 0 bridgehead atoms. The van der Waals surface area contributed by atoms with Crippen molar-refractivity contribution in [1.29, 1.82) is 0 Å². The number of nitrogens with one attached hydrogen (secondary N) is 1. The molecule has 8 heteroatoms. The van der Waals surface area contributed by atoms with E-state index in [1.165, 1.54) is 0 Å². The average molecular weight is 390 g/mol. The van der Waals surface area contributed by atoms with Gasteiger partial charge in [-0.15, -0.1) is 0 Å². The van der Waals surface area contributed by atoms with Gasteiger partial charge in [-0.25, -0.2) is 0 Å². The van der Waals surface area contributed by atoms with Crippen LogP contribution in [0.1, 0.15) is 24.2 Å². The molecule has 1 heterocycles. The highest BCUT2D eigenvalue weighted by atomic mass is 79.9. The molecule has 118 valence electrons. The minimum absolute atomic E-state index is 0.446. The van der Waals surface area contributed by atoms with Crippen LogP contribution in [0.15, 0.2) is 28.7 Å². The third-order valence-electron chi connectivity index (χ3n) is 4.13. The number of hydrogen-bond acceptors (Lipinski definition) is 3. The molecule has 2 aromatic rings. The third kappa shape index (κ3) is 2.63. The highest BCUT2D eigenvalue weighted by Crippen LogP contribution is 2.50. The van der Waals surface area contributed by atoms with E-state index in [-0.39, 0.29) is 0 Å². The molecule has 0 saturated heterocycles. The van der Waals surface area contributed by atoms with Crippen molar-refractivity contribution >= 4 is 28.1 Å². The van der Waals surface area contributed by atoms with E-state index in [0.29, 0.717) is 17.6 Å². The molecule has 1 saturated carbocycles. The van der Waals surface area contributed by atoms with E-state index in [4.69, 9.17) is 12.2 Å². The van der Waals surface area contributed by atoms with Crippen LogP contribution in [-0.4, -0.2) is 27.5 Å². The van der Waals surface area contributed by atoms with Gasteiger partial charge in [-0.3, -0.25) is 5.10 Å². The molecule has 1 aromatic heterocycles. The standard InChI is InChI=1S/C14H14BrF2N3OS/c1-20-11(18-19-13(20)22)14(6-10(7-14)21-12(16)17)8-3-2-4-9(15)5-8/h2-5,10,12H,6-7H2,1H3,(H,19,22). The number of nitrogens with zero attached hydrogens (tertiary/aromatic N) is 2. The van der Waals surface area contributed by atoms with Crippen LogP contribution in [0.4, 0.5) is 8.78 Å². The summed E-state index contributed by atoms with van der Waals surface area (Å²) in [7, 11) is 1.82. The molecule has 1 aliphatic rings. The molecule has 3 rings (SSSR count). The number of aromatic nitrogens is 3. The summed E-state index contributed by atoms with van der Waals surface area (Å²) in [6.07, 6.45) is 0.409. The molecule has 0 amide bonds. The Morgan fingerprint density at radius 2 is 2.23 bits per heavy atom. The van der Waals surface area contributed by atoms with Crippen LogP contribution in [0.3, 0.4) is 0 Å². The quantitative estimate of drug-likeness (QED) is 0.805. The van der Waals surface area contributed by atoms with Crippen LogP contribution in [0.25, 0.3) is 0 Å². The van der Waals surface area contributed by atoms with Gasteiger partial charge < -0.3 is 9.30 Å². The molecule has 0 aliphatic heterocycles. The second-order valence-corrected chi connectivity index (χ2v) is 6.73. The molecule has 0 spiro atoms. The van der Waals surface area contributed by atoms with E-state index in [1.807, 2.05) is 31.3 Å². The van der Waals surface area contributed by atoms with Crippen molar-refractivity contribution in [3.63, 3.8) is 0 Å². The molecule has 0 radical (unpaired) electrons. The van der Waals surface area contributed by atoms with Crippen LogP contribution in [0.5, 0.6) is 0 Å². The minimum Gasteiger partial charge on any atom is -0.320 e. The summed E-state index contributed by atoms with van der Waals surface area (Å²) in [5, 5.41) is 7.08. The van der Waals surface area contributed by atoms with E-state index < -0.39 is 18.1 Å². The number of rotatable bonds is 4. The number of aromatic amines is 1. The Labute approximate surface area is 139 Å². The fourth-order valence-electron chi connectivity index (χ4n) is 3.07. The maximum absolute atomic E-state index is 12.4. The number of benzene rings is 1. The van der Waals surface area contributed by atoms with E-state index in [9.17, 15) is 8.78 Å². The third-order valence-corrected chi connectivity index (χ3v) is 4.99. The van der Waals surface area contributed by atoms with Crippen molar-refractivity contribution in [2.75, 3.05) is 0 Å². The Bertz CT molecular complexity index is 740. The fourth-order valence-corrected chi connectivity index (χ4v) is 3.60. The summed E-state index contributed by atoms with van der Waals surface area (Å²) in [6.45, 7) is -2.76. The average Bonchev–Trinajstić information content (AvgIpc) is 2.74.